The van der Waals surface area contributed by atoms with Gasteiger partial charge < -0.3 is 14.2 Å². The van der Waals surface area contributed by atoms with Crippen LogP contribution in [0.1, 0.15) is 12.2 Å². The van der Waals surface area contributed by atoms with Gasteiger partial charge in [-0.1, -0.05) is 30.3 Å². The van der Waals surface area contributed by atoms with Crippen LogP contribution in [0.25, 0.3) is 11.0 Å². The van der Waals surface area contributed by atoms with E-state index in [9.17, 15) is 13.2 Å². The average Bonchev–Trinajstić information content (AvgIpc) is 2.92. The number of imidazole rings is 1. The van der Waals surface area contributed by atoms with E-state index in [2.05, 4.69) is 4.98 Å². The van der Waals surface area contributed by atoms with Gasteiger partial charge in [0, 0.05) is 26.2 Å². The number of sulfonamides is 1. The number of fused-ring (bicyclic) bond motifs is 1. The smallest absolute Gasteiger partial charge is 0.242 e. The Kier molecular flexibility index (Phi) is 6.24. The van der Waals surface area contributed by atoms with Crippen molar-refractivity contribution in [1.82, 2.24) is 18.8 Å². The fraction of sp³-hybridized carbons (Fsp3) is 0.364. The van der Waals surface area contributed by atoms with E-state index >= 15 is 0 Å². The van der Waals surface area contributed by atoms with Crippen LogP contribution in [0, 0.1) is 0 Å². The molecule has 1 aliphatic heterocycles. The van der Waals surface area contributed by atoms with Crippen LogP contribution in [0.3, 0.4) is 0 Å². The van der Waals surface area contributed by atoms with Crippen LogP contribution in [-0.4, -0.2) is 65.5 Å². The molecule has 1 fully saturated rings. The predicted molar refractivity (Wildman–Crippen MR) is 118 cm³/mol. The van der Waals surface area contributed by atoms with Crippen molar-refractivity contribution in [3.05, 3.63) is 60.4 Å². The Morgan fingerprint density at radius 1 is 1.00 bits per heavy atom. The van der Waals surface area contributed by atoms with Crippen molar-refractivity contribution in [1.29, 1.82) is 0 Å². The summed E-state index contributed by atoms with van der Waals surface area (Å²) in [7, 11) is -3.25. The van der Waals surface area contributed by atoms with Crippen molar-refractivity contribution in [2.75, 3.05) is 32.4 Å². The number of para-hydroxylation sites is 3. The molecule has 9 heteroatoms. The monoisotopic (exact) mass is 442 g/mol. The molecule has 0 aliphatic carbocycles. The molecule has 0 spiro atoms. The number of aromatic nitrogens is 2. The largest absolute Gasteiger partial charge is 0.486 e. The van der Waals surface area contributed by atoms with Crippen LogP contribution in [0.15, 0.2) is 54.6 Å². The van der Waals surface area contributed by atoms with Crippen molar-refractivity contribution in [3.8, 4) is 5.75 Å². The number of ether oxygens (including phenoxy) is 1. The maximum Gasteiger partial charge on any atom is 0.242 e. The summed E-state index contributed by atoms with van der Waals surface area (Å²) in [5, 5.41) is 0. The molecule has 0 saturated carbocycles. The summed E-state index contributed by atoms with van der Waals surface area (Å²) in [5.74, 6) is 1.35. The van der Waals surface area contributed by atoms with Gasteiger partial charge in [0.25, 0.3) is 0 Å². The second kappa shape index (κ2) is 9.07. The predicted octanol–water partition coefficient (Wildman–Crippen LogP) is 2.11. The minimum atomic E-state index is -3.25. The van der Waals surface area contributed by atoms with Crippen LogP contribution in [-0.2, 0) is 28.0 Å². The van der Waals surface area contributed by atoms with Crippen LogP contribution in [0.5, 0.6) is 5.75 Å². The molecule has 0 N–H and O–H groups in total. The normalized spacial score (nSPS) is 15.7. The van der Waals surface area contributed by atoms with E-state index in [-0.39, 0.29) is 19.1 Å². The van der Waals surface area contributed by atoms with E-state index in [4.69, 9.17) is 4.74 Å². The maximum atomic E-state index is 13.1. The quantitative estimate of drug-likeness (QED) is 0.584. The van der Waals surface area contributed by atoms with Gasteiger partial charge in [0.15, 0.2) is 0 Å². The first-order valence-corrected chi connectivity index (χ1v) is 12.1. The fourth-order valence-electron chi connectivity index (χ4n) is 3.79. The molecular formula is C22H26N4O4S. The molecule has 1 saturated heterocycles. The molecule has 3 aromatic rings. The van der Waals surface area contributed by atoms with Gasteiger partial charge in [0.2, 0.25) is 15.9 Å². The van der Waals surface area contributed by atoms with Crippen molar-refractivity contribution in [2.24, 2.45) is 0 Å². The summed E-state index contributed by atoms with van der Waals surface area (Å²) in [6, 6.07) is 17.2. The highest BCUT2D eigenvalue weighted by molar-refractivity contribution is 7.88. The molecule has 2 aromatic carbocycles. The third kappa shape index (κ3) is 5.05. The zero-order valence-electron chi connectivity index (χ0n) is 17.5. The zero-order chi connectivity index (χ0) is 21.8. The van der Waals surface area contributed by atoms with Crippen molar-refractivity contribution >= 4 is 27.0 Å². The van der Waals surface area contributed by atoms with Gasteiger partial charge in [0.05, 0.1) is 17.3 Å². The summed E-state index contributed by atoms with van der Waals surface area (Å²) in [6.07, 6.45) is 1.83. The molecule has 1 aliphatic rings. The first-order valence-electron chi connectivity index (χ1n) is 10.3. The van der Waals surface area contributed by atoms with Gasteiger partial charge in [-0.3, -0.25) is 4.79 Å². The summed E-state index contributed by atoms with van der Waals surface area (Å²) >= 11 is 0. The van der Waals surface area contributed by atoms with Gasteiger partial charge in [-0.25, -0.2) is 17.7 Å². The SMILES string of the molecule is CS(=O)(=O)N1CCCN(C(=O)Cn2c(COc3ccccc3)nc3ccccc32)CC1. The minimum absolute atomic E-state index is 0.0561. The molecule has 31 heavy (non-hydrogen) atoms. The molecule has 1 aromatic heterocycles. The van der Waals surface area contributed by atoms with E-state index in [1.54, 1.807) is 4.90 Å². The first-order chi connectivity index (χ1) is 14.9. The van der Waals surface area contributed by atoms with Gasteiger partial charge in [-0.2, -0.15) is 0 Å². The number of carbonyl (C=O) groups excluding carboxylic acids is 1. The van der Waals surface area contributed by atoms with Crippen LogP contribution in [0.4, 0.5) is 0 Å². The van der Waals surface area contributed by atoms with E-state index in [0.29, 0.717) is 38.4 Å². The Bertz CT molecular complexity index is 1160. The number of rotatable bonds is 6. The molecule has 0 atom stereocenters. The second-order valence-electron chi connectivity index (χ2n) is 7.60. The van der Waals surface area contributed by atoms with Crippen LogP contribution >= 0.6 is 0 Å². The van der Waals surface area contributed by atoms with Gasteiger partial charge in [0.1, 0.15) is 24.7 Å². The lowest BCUT2D eigenvalue weighted by molar-refractivity contribution is -0.131. The number of carbonyl (C=O) groups is 1. The van der Waals surface area contributed by atoms with E-state index < -0.39 is 10.0 Å². The molecule has 0 radical (unpaired) electrons. The Hall–Kier alpha value is -2.91. The number of hydrogen-bond donors (Lipinski definition) is 0. The van der Waals surface area contributed by atoms with Gasteiger partial charge >= 0.3 is 0 Å². The Morgan fingerprint density at radius 3 is 2.52 bits per heavy atom. The topological polar surface area (TPSA) is 84.7 Å². The standard InChI is InChI=1S/C22H26N4O4S/c1-31(28,29)25-13-7-12-24(14-15-25)22(27)16-26-20-11-6-5-10-19(20)23-21(26)17-30-18-8-3-2-4-9-18/h2-6,8-11H,7,12-17H2,1H3. The second-order valence-corrected chi connectivity index (χ2v) is 9.58. The fourth-order valence-corrected chi connectivity index (χ4v) is 4.66. The summed E-state index contributed by atoms with van der Waals surface area (Å²) in [4.78, 5) is 19.5. The average molecular weight is 443 g/mol. The van der Waals surface area contributed by atoms with E-state index in [0.717, 1.165) is 16.8 Å². The first kappa shape index (κ1) is 21.3. The number of benzene rings is 2. The van der Waals surface area contributed by atoms with Crippen molar-refractivity contribution in [2.45, 2.75) is 19.6 Å². The molecule has 2 heterocycles. The highest BCUT2D eigenvalue weighted by Crippen LogP contribution is 2.19. The minimum Gasteiger partial charge on any atom is -0.486 e. The van der Waals surface area contributed by atoms with E-state index in [1.165, 1.54) is 10.6 Å². The zero-order valence-corrected chi connectivity index (χ0v) is 18.3. The highest BCUT2D eigenvalue weighted by Gasteiger charge is 2.25. The van der Waals surface area contributed by atoms with Gasteiger partial charge in [-0.15, -0.1) is 0 Å². The number of amides is 1. The third-order valence-corrected chi connectivity index (χ3v) is 6.72. The van der Waals surface area contributed by atoms with Crippen LogP contribution < -0.4 is 4.74 Å². The lowest BCUT2D eigenvalue weighted by atomic mass is 10.3. The third-order valence-electron chi connectivity index (χ3n) is 5.41. The molecule has 1 amide bonds. The summed E-state index contributed by atoms with van der Waals surface area (Å²) in [6.45, 7) is 2.05. The molecule has 0 unspecified atom stereocenters. The Morgan fingerprint density at radius 2 is 1.74 bits per heavy atom. The lowest BCUT2D eigenvalue weighted by Crippen LogP contribution is -2.38. The number of nitrogens with zero attached hydrogens (tertiary/aromatic N) is 4. The molecule has 4 rings (SSSR count). The van der Waals surface area contributed by atoms with Crippen molar-refractivity contribution in [3.63, 3.8) is 0 Å². The lowest BCUT2D eigenvalue weighted by Gasteiger charge is -2.22. The molecule has 164 valence electrons. The Labute approximate surface area is 182 Å². The van der Waals surface area contributed by atoms with E-state index in [1.807, 2.05) is 59.2 Å². The molecular weight excluding hydrogens is 416 g/mol. The Balaban J connectivity index is 1.52. The van der Waals surface area contributed by atoms with Gasteiger partial charge in [-0.05, 0) is 30.7 Å². The maximum absolute atomic E-state index is 13.1. The van der Waals surface area contributed by atoms with Crippen molar-refractivity contribution < 1.29 is 17.9 Å². The number of hydrogen-bond acceptors (Lipinski definition) is 5. The summed E-state index contributed by atoms with van der Waals surface area (Å²) < 4.78 is 32.9. The highest BCUT2D eigenvalue weighted by atomic mass is 32.2. The molecule has 0 bridgehead atoms. The summed E-state index contributed by atoms with van der Waals surface area (Å²) in [5.41, 5.74) is 1.68. The van der Waals surface area contributed by atoms with Crippen LogP contribution in [0.2, 0.25) is 0 Å². The molecule has 8 nitrogen and oxygen atoms in total.